The number of aryl methyl sites for hydroxylation is 1. The Hall–Kier alpha value is -3.54. The number of carbonyl (C=O) groups excluding carboxylic acids is 1. The van der Waals surface area contributed by atoms with Crippen LogP contribution in [0.4, 0.5) is 10.1 Å². The molecule has 0 bridgehead atoms. The average Bonchev–Trinajstić information content (AvgIpc) is 3.18. The smallest absolute Gasteiger partial charge is 0.277 e. The Bertz CT molecular complexity index is 1110. The number of aromatic nitrogens is 2. The molecule has 0 spiro atoms. The van der Waals surface area contributed by atoms with Crippen molar-refractivity contribution in [2.45, 2.75) is 6.92 Å². The van der Waals surface area contributed by atoms with E-state index in [9.17, 15) is 9.18 Å². The third-order valence-electron chi connectivity index (χ3n) is 4.09. The highest BCUT2D eigenvalue weighted by atomic mass is 19.1. The van der Waals surface area contributed by atoms with Gasteiger partial charge in [-0.15, -0.1) is 0 Å². The molecule has 2 aromatic carbocycles. The van der Waals surface area contributed by atoms with Crippen LogP contribution in [0, 0.1) is 12.7 Å². The zero-order valence-corrected chi connectivity index (χ0v) is 13.9. The summed E-state index contributed by atoms with van der Waals surface area (Å²) in [6.45, 7) is 1.90. The summed E-state index contributed by atoms with van der Waals surface area (Å²) in [5.41, 5.74) is 4.21. The van der Waals surface area contributed by atoms with Gasteiger partial charge in [-0.25, -0.2) is 14.4 Å². The second-order valence-corrected chi connectivity index (χ2v) is 5.89. The van der Waals surface area contributed by atoms with E-state index in [1.165, 1.54) is 24.8 Å². The molecule has 128 valence electrons. The number of fused-ring (bicyclic) bond motifs is 1. The third kappa shape index (κ3) is 3.04. The van der Waals surface area contributed by atoms with E-state index in [0.29, 0.717) is 5.69 Å². The Morgan fingerprint density at radius 1 is 1.12 bits per heavy atom. The number of oxazole rings is 1. The fourth-order valence-electron chi connectivity index (χ4n) is 2.73. The topological polar surface area (TPSA) is 68.0 Å². The fraction of sp³-hybridized carbons (Fsp3) is 0.0500. The van der Waals surface area contributed by atoms with Gasteiger partial charge in [0.25, 0.3) is 5.91 Å². The van der Waals surface area contributed by atoms with Crippen molar-refractivity contribution < 1.29 is 13.6 Å². The molecular formula is C20H14FN3O2. The Balaban J connectivity index is 1.63. The van der Waals surface area contributed by atoms with Crippen LogP contribution in [0.15, 0.2) is 65.6 Å². The molecule has 0 aliphatic rings. The van der Waals surface area contributed by atoms with E-state index in [4.69, 9.17) is 4.42 Å². The van der Waals surface area contributed by atoms with Gasteiger partial charge in [-0.05, 0) is 48.9 Å². The zero-order chi connectivity index (χ0) is 18.1. The second-order valence-electron chi connectivity index (χ2n) is 5.89. The van der Waals surface area contributed by atoms with E-state index in [1.54, 1.807) is 6.07 Å². The minimum Gasteiger partial charge on any atom is -0.451 e. The molecule has 2 aromatic heterocycles. The summed E-state index contributed by atoms with van der Waals surface area (Å²) in [4.78, 5) is 20.5. The van der Waals surface area contributed by atoms with E-state index in [2.05, 4.69) is 15.3 Å². The molecule has 6 heteroatoms. The van der Waals surface area contributed by atoms with Crippen molar-refractivity contribution in [3.63, 3.8) is 0 Å². The van der Waals surface area contributed by atoms with E-state index < -0.39 is 0 Å². The average molecular weight is 347 g/mol. The summed E-state index contributed by atoms with van der Waals surface area (Å²) in [6, 6.07) is 13.8. The van der Waals surface area contributed by atoms with Crippen molar-refractivity contribution in [3.05, 3.63) is 78.3 Å². The van der Waals surface area contributed by atoms with Crippen LogP contribution in [0.3, 0.4) is 0 Å². The fourth-order valence-corrected chi connectivity index (χ4v) is 2.73. The first-order valence-electron chi connectivity index (χ1n) is 7.97. The molecule has 1 amide bonds. The van der Waals surface area contributed by atoms with Gasteiger partial charge in [0.1, 0.15) is 12.1 Å². The van der Waals surface area contributed by atoms with Gasteiger partial charge in [0.15, 0.2) is 12.1 Å². The normalized spacial score (nSPS) is 10.8. The number of carbonyl (C=O) groups is 1. The van der Waals surface area contributed by atoms with Crippen LogP contribution in [0.25, 0.3) is 22.2 Å². The van der Waals surface area contributed by atoms with Crippen molar-refractivity contribution in [2.24, 2.45) is 0 Å². The van der Waals surface area contributed by atoms with Gasteiger partial charge in [-0.1, -0.05) is 12.1 Å². The lowest BCUT2D eigenvalue weighted by atomic mass is 10.1. The van der Waals surface area contributed by atoms with E-state index in [-0.39, 0.29) is 17.4 Å². The van der Waals surface area contributed by atoms with Crippen LogP contribution in [-0.2, 0) is 0 Å². The standard InChI is InChI=1S/C20H14FN3O2/c1-12-8-13(2-5-16(12)24-20(25)19-10-26-11-22-19)17-6-3-14-9-15(21)4-7-18(14)23-17/h2-11H,1H3,(H,24,25). The Kier molecular flexibility index (Phi) is 3.93. The van der Waals surface area contributed by atoms with Crippen LogP contribution in [-0.4, -0.2) is 15.9 Å². The van der Waals surface area contributed by atoms with Crippen LogP contribution < -0.4 is 5.32 Å². The maximum atomic E-state index is 13.3. The van der Waals surface area contributed by atoms with Gasteiger partial charge in [-0.2, -0.15) is 0 Å². The largest absolute Gasteiger partial charge is 0.451 e. The highest BCUT2D eigenvalue weighted by Gasteiger charge is 2.11. The number of pyridine rings is 1. The van der Waals surface area contributed by atoms with Gasteiger partial charge in [0.05, 0.1) is 11.2 Å². The van der Waals surface area contributed by atoms with Gasteiger partial charge < -0.3 is 9.73 Å². The highest BCUT2D eigenvalue weighted by Crippen LogP contribution is 2.26. The lowest BCUT2D eigenvalue weighted by molar-refractivity contribution is 0.102. The number of benzene rings is 2. The third-order valence-corrected chi connectivity index (χ3v) is 4.09. The lowest BCUT2D eigenvalue weighted by Gasteiger charge is -2.10. The van der Waals surface area contributed by atoms with Gasteiger partial charge in [0.2, 0.25) is 0 Å². The van der Waals surface area contributed by atoms with E-state index in [1.807, 2.05) is 37.3 Å². The molecule has 5 nitrogen and oxygen atoms in total. The predicted octanol–water partition coefficient (Wildman–Crippen LogP) is 4.59. The maximum absolute atomic E-state index is 13.3. The molecule has 0 saturated carbocycles. The first-order valence-corrected chi connectivity index (χ1v) is 7.97. The van der Waals surface area contributed by atoms with Crippen molar-refractivity contribution in [3.8, 4) is 11.3 Å². The molecule has 4 rings (SSSR count). The number of hydrogen-bond acceptors (Lipinski definition) is 4. The molecule has 4 aromatic rings. The molecule has 0 fully saturated rings. The van der Waals surface area contributed by atoms with Gasteiger partial charge in [0, 0.05) is 16.6 Å². The number of nitrogens with zero attached hydrogens (tertiary/aromatic N) is 2. The number of anilines is 1. The molecule has 0 aliphatic carbocycles. The van der Waals surface area contributed by atoms with Crippen LogP contribution >= 0.6 is 0 Å². The van der Waals surface area contributed by atoms with Crippen molar-refractivity contribution in [1.82, 2.24) is 9.97 Å². The summed E-state index contributed by atoms with van der Waals surface area (Å²) in [7, 11) is 0. The van der Waals surface area contributed by atoms with Gasteiger partial charge in [-0.3, -0.25) is 4.79 Å². The summed E-state index contributed by atoms with van der Waals surface area (Å²) in [6.07, 6.45) is 2.50. The molecule has 1 N–H and O–H groups in total. The molecular weight excluding hydrogens is 333 g/mol. The Labute approximate surface area is 148 Å². The summed E-state index contributed by atoms with van der Waals surface area (Å²) >= 11 is 0. The molecule has 0 saturated heterocycles. The highest BCUT2D eigenvalue weighted by molar-refractivity contribution is 6.03. The Morgan fingerprint density at radius 2 is 2.00 bits per heavy atom. The number of halogens is 1. The Morgan fingerprint density at radius 3 is 2.77 bits per heavy atom. The summed E-state index contributed by atoms with van der Waals surface area (Å²) in [5.74, 6) is -0.615. The molecule has 0 unspecified atom stereocenters. The van der Waals surface area contributed by atoms with Crippen molar-refractivity contribution in [2.75, 3.05) is 5.32 Å². The number of amides is 1. The second kappa shape index (κ2) is 6.40. The minimum atomic E-state index is -0.333. The molecule has 26 heavy (non-hydrogen) atoms. The summed E-state index contributed by atoms with van der Waals surface area (Å²) in [5, 5.41) is 3.56. The molecule has 0 radical (unpaired) electrons. The molecule has 0 aliphatic heterocycles. The van der Waals surface area contributed by atoms with E-state index in [0.717, 1.165) is 27.7 Å². The number of hydrogen-bond donors (Lipinski definition) is 1. The van der Waals surface area contributed by atoms with Crippen molar-refractivity contribution >= 4 is 22.5 Å². The molecule has 2 heterocycles. The van der Waals surface area contributed by atoms with E-state index >= 15 is 0 Å². The molecule has 0 atom stereocenters. The predicted molar refractivity (Wildman–Crippen MR) is 96.3 cm³/mol. The quantitative estimate of drug-likeness (QED) is 0.588. The minimum absolute atomic E-state index is 0.219. The van der Waals surface area contributed by atoms with Gasteiger partial charge >= 0.3 is 0 Å². The monoisotopic (exact) mass is 347 g/mol. The lowest BCUT2D eigenvalue weighted by Crippen LogP contribution is -2.13. The maximum Gasteiger partial charge on any atom is 0.277 e. The number of rotatable bonds is 3. The number of nitrogens with one attached hydrogen (secondary N) is 1. The SMILES string of the molecule is Cc1cc(-c2ccc3cc(F)ccc3n2)ccc1NC(=O)c1cocn1. The zero-order valence-electron chi connectivity index (χ0n) is 13.9. The van der Waals surface area contributed by atoms with Crippen LogP contribution in [0.2, 0.25) is 0 Å². The van der Waals surface area contributed by atoms with Crippen molar-refractivity contribution in [1.29, 1.82) is 0 Å². The van der Waals surface area contributed by atoms with Crippen LogP contribution in [0.5, 0.6) is 0 Å². The summed E-state index contributed by atoms with van der Waals surface area (Å²) < 4.78 is 18.1. The first-order chi connectivity index (χ1) is 12.6. The first kappa shape index (κ1) is 16.0. The van der Waals surface area contributed by atoms with Crippen LogP contribution in [0.1, 0.15) is 16.1 Å².